The Morgan fingerprint density at radius 1 is 1.50 bits per heavy atom. The van der Waals surface area contributed by atoms with Crippen LogP contribution in [0.2, 0.25) is 0 Å². The molecular weight excluding hydrogens is 236 g/mol. The average Bonchev–Trinajstić information content (AvgIpc) is 2.53. The molecule has 0 atom stereocenters. The Bertz CT molecular complexity index is 306. The molecule has 1 aromatic heterocycles. The van der Waals surface area contributed by atoms with E-state index in [0.717, 1.165) is 11.5 Å². The van der Waals surface area contributed by atoms with Gasteiger partial charge in [-0.25, -0.2) is 0 Å². The molecular formula is C8H11BrN2S. The Morgan fingerprint density at radius 2 is 2.25 bits per heavy atom. The van der Waals surface area contributed by atoms with Crippen LogP contribution >= 0.6 is 27.7 Å². The molecule has 0 spiro atoms. The summed E-state index contributed by atoms with van der Waals surface area (Å²) in [6.07, 6.45) is 0. The highest BCUT2D eigenvalue weighted by Gasteiger charge is 2.21. The summed E-state index contributed by atoms with van der Waals surface area (Å²) in [7, 11) is 0. The van der Waals surface area contributed by atoms with E-state index in [-0.39, 0.29) is 0 Å². The lowest BCUT2D eigenvalue weighted by molar-refractivity contribution is 0.518. The highest BCUT2D eigenvalue weighted by Crippen LogP contribution is 2.35. The van der Waals surface area contributed by atoms with Gasteiger partial charge in [-0.05, 0) is 29.8 Å². The molecule has 12 heavy (non-hydrogen) atoms. The molecule has 4 heteroatoms. The second-order valence-corrected chi connectivity index (χ2v) is 4.98. The van der Waals surface area contributed by atoms with E-state index in [4.69, 9.17) is 0 Å². The molecule has 1 aliphatic rings. The minimum absolute atomic E-state index is 0.454. The number of halogens is 1. The zero-order chi connectivity index (χ0) is 8.72. The van der Waals surface area contributed by atoms with E-state index in [0.29, 0.717) is 6.04 Å². The van der Waals surface area contributed by atoms with Gasteiger partial charge in [0.1, 0.15) is 4.60 Å². The molecule has 2 heterocycles. The van der Waals surface area contributed by atoms with E-state index in [1.807, 2.05) is 11.8 Å². The summed E-state index contributed by atoms with van der Waals surface area (Å²) >= 11 is 5.53. The van der Waals surface area contributed by atoms with Gasteiger partial charge >= 0.3 is 0 Å². The topological polar surface area (TPSA) is 17.8 Å². The standard InChI is InChI=1S/C8H11BrN2S/c1-5(2)11-8(9)6-3-12-4-7(6)10-11/h5H,3-4H2,1-2H3. The van der Waals surface area contributed by atoms with Crippen LogP contribution in [0.4, 0.5) is 0 Å². The molecule has 1 aliphatic heterocycles. The summed E-state index contributed by atoms with van der Waals surface area (Å²) in [4.78, 5) is 0. The second-order valence-electron chi connectivity index (χ2n) is 3.25. The zero-order valence-electron chi connectivity index (χ0n) is 7.17. The van der Waals surface area contributed by atoms with Crippen molar-refractivity contribution in [2.75, 3.05) is 0 Å². The van der Waals surface area contributed by atoms with Gasteiger partial charge in [0.05, 0.1) is 5.69 Å². The lowest BCUT2D eigenvalue weighted by atomic mass is 10.3. The van der Waals surface area contributed by atoms with Crippen molar-refractivity contribution in [3.8, 4) is 0 Å². The van der Waals surface area contributed by atoms with E-state index in [1.54, 1.807) is 0 Å². The molecule has 0 aliphatic carbocycles. The summed E-state index contributed by atoms with van der Waals surface area (Å²) in [5.74, 6) is 2.19. The van der Waals surface area contributed by atoms with Crippen LogP contribution in [0.15, 0.2) is 4.60 Å². The van der Waals surface area contributed by atoms with Gasteiger partial charge < -0.3 is 0 Å². The number of nitrogens with zero attached hydrogens (tertiary/aromatic N) is 2. The predicted octanol–water partition coefficient (Wildman–Crippen LogP) is 2.97. The molecule has 0 bridgehead atoms. The van der Waals surface area contributed by atoms with Gasteiger partial charge in [-0.15, -0.1) is 0 Å². The number of hydrogen-bond acceptors (Lipinski definition) is 2. The molecule has 0 amide bonds. The minimum atomic E-state index is 0.454. The molecule has 1 aromatic rings. The molecule has 0 radical (unpaired) electrons. The van der Waals surface area contributed by atoms with Crippen LogP contribution in [0.25, 0.3) is 0 Å². The molecule has 0 aromatic carbocycles. The third kappa shape index (κ3) is 1.21. The molecule has 0 fully saturated rings. The van der Waals surface area contributed by atoms with Gasteiger partial charge in [-0.2, -0.15) is 16.9 Å². The number of thioether (sulfide) groups is 1. The number of aromatic nitrogens is 2. The van der Waals surface area contributed by atoms with E-state index in [9.17, 15) is 0 Å². The summed E-state index contributed by atoms with van der Waals surface area (Å²) < 4.78 is 3.24. The Balaban J connectivity index is 2.47. The maximum absolute atomic E-state index is 4.54. The largest absolute Gasteiger partial charge is 0.255 e. The molecule has 0 unspecified atom stereocenters. The van der Waals surface area contributed by atoms with Crippen molar-refractivity contribution in [3.05, 3.63) is 15.9 Å². The Morgan fingerprint density at radius 3 is 2.83 bits per heavy atom. The first-order chi connectivity index (χ1) is 5.70. The third-order valence-corrected chi connectivity index (χ3v) is 3.81. The van der Waals surface area contributed by atoms with Crippen LogP contribution in [0.3, 0.4) is 0 Å². The molecule has 2 nitrogen and oxygen atoms in total. The van der Waals surface area contributed by atoms with Crippen LogP contribution in [0.5, 0.6) is 0 Å². The molecule has 0 saturated carbocycles. The quantitative estimate of drug-likeness (QED) is 0.759. The average molecular weight is 247 g/mol. The number of rotatable bonds is 1. The highest BCUT2D eigenvalue weighted by atomic mass is 79.9. The van der Waals surface area contributed by atoms with Crippen LogP contribution in [0, 0.1) is 0 Å². The monoisotopic (exact) mass is 246 g/mol. The first-order valence-corrected chi connectivity index (χ1v) is 5.98. The van der Waals surface area contributed by atoms with Crippen LogP contribution < -0.4 is 0 Å². The van der Waals surface area contributed by atoms with Crippen molar-refractivity contribution >= 4 is 27.7 Å². The van der Waals surface area contributed by atoms with Crippen molar-refractivity contribution in [3.63, 3.8) is 0 Å². The van der Waals surface area contributed by atoms with E-state index >= 15 is 0 Å². The van der Waals surface area contributed by atoms with Crippen LogP contribution in [0.1, 0.15) is 31.1 Å². The van der Waals surface area contributed by atoms with Gasteiger partial charge in [-0.3, -0.25) is 4.68 Å². The maximum Gasteiger partial charge on any atom is 0.108 e. The molecule has 0 saturated heterocycles. The number of fused-ring (bicyclic) bond motifs is 1. The summed E-state index contributed by atoms with van der Waals surface area (Å²) in [6, 6.07) is 0.454. The Hall–Kier alpha value is 0.0400. The van der Waals surface area contributed by atoms with Gasteiger partial charge in [0.15, 0.2) is 0 Å². The fourth-order valence-corrected chi connectivity index (χ4v) is 3.42. The first-order valence-electron chi connectivity index (χ1n) is 4.03. The third-order valence-electron chi connectivity index (χ3n) is 2.00. The lowest BCUT2D eigenvalue weighted by Gasteiger charge is -2.07. The van der Waals surface area contributed by atoms with E-state index in [1.165, 1.54) is 15.9 Å². The van der Waals surface area contributed by atoms with Crippen LogP contribution in [-0.4, -0.2) is 9.78 Å². The summed E-state index contributed by atoms with van der Waals surface area (Å²) in [5, 5.41) is 4.54. The smallest absolute Gasteiger partial charge is 0.108 e. The molecule has 66 valence electrons. The number of hydrogen-bond donors (Lipinski definition) is 0. The fourth-order valence-electron chi connectivity index (χ4n) is 1.34. The van der Waals surface area contributed by atoms with Crippen molar-refractivity contribution in [1.82, 2.24) is 9.78 Å². The fraction of sp³-hybridized carbons (Fsp3) is 0.625. The predicted molar refractivity (Wildman–Crippen MR) is 55.3 cm³/mol. The summed E-state index contributed by atoms with van der Waals surface area (Å²) in [6.45, 7) is 4.31. The Kier molecular flexibility index (Phi) is 2.21. The van der Waals surface area contributed by atoms with E-state index < -0.39 is 0 Å². The molecule has 0 N–H and O–H groups in total. The SMILES string of the molecule is CC(C)n1nc2c(c1Br)CSC2. The van der Waals surface area contributed by atoms with Crippen molar-refractivity contribution in [1.29, 1.82) is 0 Å². The van der Waals surface area contributed by atoms with Crippen molar-refractivity contribution in [2.45, 2.75) is 31.4 Å². The van der Waals surface area contributed by atoms with Gasteiger partial charge in [0.25, 0.3) is 0 Å². The first kappa shape index (κ1) is 8.63. The normalized spacial score (nSPS) is 15.7. The second kappa shape index (κ2) is 3.07. The lowest BCUT2D eigenvalue weighted by Crippen LogP contribution is -2.03. The highest BCUT2D eigenvalue weighted by molar-refractivity contribution is 9.10. The van der Waals surface area contributed by atoms with Gasteiger partial charge in [0.2, 0.25) is 0 Å². The molecule has 2 rings (SSSR count). The summed E-state index contributed by atoms with van der Waals surface area (Å²) in [5.41, 5.74) is 2.66. The van der Waals surface area contributed by atoms with Crippen LogP contribution in [-0.2, 0) is 11.5 Å². The van der Waals surface area contributed by atoms with Crippen molar-refractivity contribution in [2.24, 2.45) is 0 Å². The van der Waals surface area contributed by atoms with Gasteiger partial charge in [0, 0.05) is 23.1 Å². The Labute approximate surface area is 84.8 Å². The van der Waals surface area contributed by atoms with Crippen molar-refractivity contribution < 1.29 is 0 Å². The maximum atomic E-state index is 4.54. The van der Waals surface area contributed by atoms with E-state index in [2.05, 4.69) is 39.6 Å². The minimum Gasteiger partial charge on any atom is -0.255 e. The van der Waals surface area contributed by atoms with Gasteiger partial charge in [-0.1, -0.05) is 0 Å². The zero-order valence-corrected chi connectivity index (χ0v) is 9.57.